The van der Waals surface area contributed by atoms with Crippen LogP contribution in [0, 0.1) is 0 Å². The Morgan fingerprint density at radius 1 is 1.35 bits per heavy atom. The van der Waals surface area contributed by atoms with Crippen LogP contribution in [0.3, 0.4) is 0 Å². The van der Waals surface area contributed by atoms with Crippen LogP contribution in [0.15, 0.2) is 30.3 Å². The Morgan fingerprint density at radius 3 is 2.59 bits per heavy atom. The molecule has 0 fully saturated rings. The first kappa shape index (κ1) is 13.5. The lowest BCUT2D eigenvalue weighted by Gasteiger charge is -1.99. The minimum Gasteiger partial charge on any atom is -0.464 e. The quantitative estimate of drug-likeness (QED) is 0.852. The van der Waals surface area contributed by atoms with Crippen LogP contribution >= 0.6 is 23.7 Å². The molecule has 2 N–H and O–H groups in total. The molecule has 0 spiro atoms. The molecule has 6 heteroatoms. The monoisotopic (exact) mass is 270 g/mol. The molecule has 0 saturated heterocycles. The maximum Gasteiger partial charge on any atom is 0.358 e. The van der Waals surface area contributed by atoms with Gasteiger partial charge in [-0.2, -0.15) is 0 Å². The van der Waals surface area contributed by atoms with E-state index in [9.17, 15) is 4.79 Å². The lowest BCUT2D eigenvalue weighted by atomic mass is 10.1. The third-order valence-corrected chi connectivity index (χ3v) is 2.99. The van der Waals surface area contributed by atoms with Crippen molar-refractivity contribution in [3.63, 3.8) is 0 Å². The number of hydrogen-bond donors (Lipinski definition) is 1. The highest BCUT2D eigenvalue weighted by atomic mass is 35.5. The van der Waals surface area contributed by atoms with E-state index in [4.69, 9.17) is 5.73 Å². The van der Waals surface area contributed by atoms with E-state index in [0.717, 1.165) is 10.4 Å². The summed E-state index contributed by atoms with van der Waals surface area (Å²) in [5.74, 6) is -0.466. The third kappa shape index (κ3) is 2.75. The smallest absolute Gasteiger partial charge is 0.358 e. The van der Waals surface area contributed by atoms with Gasteiger partial charge < -0.3 is 10.5 Å². The van der Waals surface area contributed by atoms with Crippen molar-refractivity contribution in [2.24, 2.45) is 0 Å². The fourth-order valence-electron chi connectivity index (χ4n) is 1.36. The highest BCUT2D eigenvalue weighted by Gasteiger charge is 2.18. The van der Waals surface area contributed by atoms with E-state index < -0.39 is 5.97 Å². The number of halogens is 1. The van der Waals surface area contributed by atoms with E-state index in [1.807, 2.05) is 30.3 Å². The number of rotatable bonds is 2. The van der Waals surface area contributed by atoms with Gasteiger partial charge in [-0.1, -0.05) is 41.7 Å². The maximum atomic E-state index is 11.5. The van der Waals surface area contributed by atoms with Gasteiger partial charge in [0, 0.05) is 0 Å². The van der Waals surface area contributed by atoms with Crippen molar-refractivity contribution in [3.05, 3.63) is 36.0 Å². The van der Waals surface area contributed by atoms with Crippen LogP contribution in [-0.4, -0.2) is 18.1 Å². The zero-order chi connectivity index (χ0) is 11.5. The lowest BCUT2D eigenvalue weighted by molar-refractivity contribution is 0.0596. The number of nitrogen functional groups attached to an aromatic ring is 1. The molecule has 1 heterocycles. The van der Waals surface area contributed by atoms with Crippen molar-refractivity contribution in [3.8, 4) is 10.4 Å². The van der Waals surface area contributed by atoms with Crippen LogP contribution in [0.5, 0.6) is 0 Å². The Hall–Kier alpha value is -1.59. The van der Waals surface area contributed by atoms with Gasteiger partial charge in [0.15, 0.2) is 10.8 Å². The predicted molar refractivity (Wildman–Crippen MR) is 70.5 cm³/mol. The third-order valence-electron chi connectivity index (χ3n) is 2.06. The number of anilines is 1. The molecule has 0 unspecified atom stereocenters. The number of esters is 1. The maximum absolute atomic E-state index is 11.5. The largest absolute Gasteiger partial charge is 0.464 e. The SMILES string of the molecule is COC(=O)c1nc(N)sc1-c1ccccc1.Cl. The lowest BCUT2D eigenvalue weighted by Crippen LogP contribution is -2.03. The molecule has 90 valence electrons. The zero-order valence-electron chi connectivity index (χ0n) is 9.04. The van der Waals surface area contributed by atoms with Crippen LogP contribution in [0.1, 0.15) is 10.5 Å². The van der Waals surface area contributed by atoms with Crippen molar-refractivity contribution in [2.75, 3.05) is 12.8 Å². The number of carbonyl (C=O) groups excluding carboxylic acids is 1. The number of benzene rings is 1. The van der Waals surface area contributed by atoms with E-state index >= 15 is 0 Å². The van der Waals surface area contributed by atoms with E-state index in [-0.39, 0.29) is 18.1 Å². The van der Waals surface area contributed by atoms with Gasteiger partial charge in [0.05, 0.1) is 12.0 Å². The molecule has 0 bridgehead atoms. The van der Waals surface area contributed by atoms with Crippen LogP contribution in [0.25, 0.3) is 10.4 Å². The highest BCUT2D eigenvalue weighted by molar-refractivity contribution is 7.19. The molecule has 1 aromatic carbocycles. The van der Waals surface area contributed by atoms with Gasteiger partial charge in [0.1, 0.15) is 0 Å². The summed E-state index contributed by atoms with van der Waals surface area (Å²) in [6.07, 6.45) is 0. The number of carbonyl (C=O) groups is 1. The summed E-state index contributed by atoms with van der Waals surface area (Å²) in [5.41, 5.74) is 6.80. The second-order valence-corrected chi connectivity index (χ2v) is 4.12. The zero-order valence-corrected chi connectivity index (χ0v) is 10.7. The molecule has 2 aromatic rings. The molecule has 0 atom stereocenters. The first-order valence-electron chi connectivity index (χ1n) is 4.62. The molecule has 17 heavy (non-hydrogen) atoms. The number of ether oxygens (including phenoxy) is 1. The Balaban J connectivity index is 0.00000144. The summed E-state index contributed by atoms with van der Waals surface area (Å²) >= 11 is 1.28. The summed E-state index contributed by atoms with van der Waals surface area (Å²) in [4.78, 5) is 16.2. The van der Waals surface area contributed by atoms with Crippen LogP contribution < -0.4 is 5.73 Å². The number of nitrogens with zero attached hydrogens (tertiary/aromatic N) is 1. The fraction of sp³-hybridized carbons (Fsp3) is 0.0909. The van der Waals surface area contributed by atoms with Crippen molar-refractivity contribution in [1.29, 1.82) is 0 Å². The van der Waals surface area contributed by atoms with Gasteiger partial charge in [0.25, 0.3) is 0 Å². The van der Waals surface area contributed by atoms with Crippen molar-refractivity contribution < 1.29 is 9.53 Å². The normalized spacial score (nSPS) is 9.47. The van der Waals surface area contributed by atoms with Gasteiger partial charge in [0.2, 0.25) is 0 Å². The Bertz CT molecular complexity index is 513. The summed E-state index contributed by atoms with van der Waals surface area (Å²) in [7, 11) is 1.33. The van der Waals surface area contributed by atoms with E-state index in [0.29, 0.717) is 5.13 Å². The number of hydrogen-bond acceptors (Lipinski definition) is 5. The summed E-state index contributed by atoms with van der Waals surface area (Å²) < 4.78 is 4.66. The topological polar surface area (TPSA) is 65.2 Å². The predicted octanol–water partition coefficient (Wildman–Crippen LogP) is 2.60. The average Bonchev–Trinajstić information content (AvgIpc) is 2.71. The van der Waals surface area contributed by atoms with Crippen molar-refractivity contribution >= 4 is 34.8 Å². The molecule has 0 saturated carbocycles. The molecule has 1 aromatic heterocycles. The highest BCUT2D eigenvalue weighted by Crippen LogP contribution is 2.31. The second-order valence-electron chi connectivity index (χ2n) is 3.09. The molecular formula is C11H11ClN2O2S. The molecule has 0 amide bonds. The number of thiazole rings is 1. The molecule has 0 radical (unpaired) electrons. The van der Waals surface area contributed by atoms with Crippen molar-refractivity contribution in [2.45, 2.75) is 0 Å². The van der Waals surface area contributed by atoms with E-state index in [2.05, 4.69) is 9.72 Å². The van der Waals surface area contributed by atoms with Gasteiger partial charge in [-0.25, -0.2) is 9.78 Å². The average molecular weight is 271 g/mol. The number of aromatic nitrogens is 1. The molecule has 2 rings (SSSR count). The molecule has 0 aliphatic heterocycles. The second kappa shape index (κ2) is 5.65. The summed E-state index contributed by atoms with van der Waals surface area (Å²) in [5, 5.41) is 0.360. The van der Waals surface area contributed by atoms with E-state index in [1.165, 1.54) is 18.4 Å². The van der Waals surface area contributed by atoms with Crippen molar-refractivity contribution in [1.82, 2.24) is 4.98 Å². The fourth-order valence-corrected chi connectivity index (χ4v) is 2.18. The van der Waals surface area contributed by atoms with Crippen LogP contribution in [-0.2, 0) is 4.74 Å². The number of nitrogens with two attached hydrogens (primary N) is 1. The van der Waals surface area contributed by atoms with Crippen LogP contribution in [0.2, 0.25) is 0 Å². The molecular weight excluding hydrogens is 260 g/mol. The minimum atomic E-state index is -0.466. The standard InChI is InChI=1S/C11H10N2O2S.ClH/c1-15-10(14)8-9(16-11(12)13-8)7-5-3-2-4-6-7;/h2-6H,1H3,(H2,12,13);1H. The summed E-state index contributed by atoms with van der Waals surface area (Å²) in [6, 6.07) is 9.50. The summed E-state index contributed by atoms with van der Waals surface area (Å²) in [6.45, 7) is 0. The van der Waals surface area contributed by atoms with Gasteiger partial charge in [-0.3, -0.25) is 0 Å². The Labute approximate surface area is 109 Å². The Morgan fingerprint density at radius 2 is 2.00 bits per heavy atom. The molecule has 0 aliphatic carbocycles. The Kier molecular flexibility index (Phi) is 4.48. The van der Waals surface area contributed by atoms with Gasteiger partial charge in [-0.05, 0) is 5.56 Å². The van der Waals surface area contributed by atoms with Crippen LogP contribution in [0.4, 0.5) is 5.13 Å². The minimum absolute atomic E-state index is 0. The van der Waals surface area contributed by atoms with E-state index in [1.54, 1.807) is 0 Å². The first-order chi connectivity index (χ1) is 7.72. The van der Waals surface area contributed by atoms with Gasteiger partial charge in [-0.15, -0.1) is 12.4 Å². The molecule has 0 aliphatic rings. The molecule has 4 nitrogen and oxygen atoms in total. The van der Waals surface area contributed by atoms with Gasteiger partial charge >= 0.3 is 5.97 Å². The number of methoxy groups -OCH3 is 1. The first-order valence-corrected chi connectivity index (χ1v) is 5.44.